The summed E-state index contributed by atoms with van der Waals surface area (Å²) < 4.78 is 17.4. The van der Waals surface area contributed by atoms with Crippen LogP contribution in [0.15, 0.2) is 36.4 Å². The molecule has 0 saturated heterocycles. The first-order valence-electron chi connectivity index (χ1n) is 11.9. The number of aliphatic carboxylic acids is 1. The fourth-order valence-electron chi connectivity index (χ4n) is 4.31. The first-order chi connectivity index (χ1) is 15.6. The van der Waals surface area contributed by atoms with E-state index in [4.69, 9.17) is 14.2 Å². The van der Waals surface area contributed by atoms with Gasteiger partial charge in [0.15, 0.2) is 0 Å². The first-order valence-corrected chi connectivity index (χ1v) is 11.9. The average molecular weight is 441 g/mol. The maximum atomic E-state index is 11.5. The first kappa shape index (κ1) is 24.3. The standard InChI is InChI=1S/C27H36O5/c1-3-5-8-20(4-2)19-31-14-13-30-15-16-32-26-12-11-23-22-10-7-6-9-21(22)17-24(23)25(26)18-27(28)29/h6-7,9-12,20H,3-5,8,13-19H2,1-2H3,(H,28,29). The molecule has 32 heavy (non-hydrogen) atoms. The summed E-state index contributed by atoms with van der Waals surface area (Å²) in [6.07, 6.45) is 5.57. The second-order valence-corrected chi connectivity index (χ2v) is 8.43. The van der Waals surface area contributed by atoms with Gasteiger partial charge in [0, 0.05) is 12.2 Å². The summed E-state index contributed by atoms with van der Waals surface area (Å²) in [7, 11) is 0. The van der Waals surface area contributed by atoms with Crippen LogP contribution in [-0.4, -0.2) is 44.1 Å². The number of hydrogen-bond donors (Lipinski definition) is 1. The molecule has 0 amide bonds. The molecule has 0 heterocycles. The van der Waals surface area contributed by atoms with E-state index in [0.29, 0.717) is 38.1 Å². The van der Waals surface area contributed by atoms with Crippen LogP contribution in [0.5, 0.6) is 5.75 Å². The quantitative estimate of drug-likeness (QED) is 0.316. The average Bonchev–Trinajstić information content (AvgIpc) is 3.17. The van der Waals surface area contributed by atoms with E-state index in [9.17, 15) is 9.90 Å². The molecule has 0 radical (unpaired) electrons. The van der Waals surface area contributed by atoms with Gasteiger partial charge in [-0.2, -0.15) is 0 Å². The van der Waals surface area contributed by atoms with Crippen molar-refractivity contribution in [1.29, 1.82) is 0 Å². The summed E-state index contributed by atoms with van der Waals surface area (Å²) >= 11 is 0. The molecular weight excluding hydrogens is 404 g/mol. The third-order valence-corrected chi connectivity index (χ3v) is 6.15. The lowest BCUT2D eigenvalue weighted by Gasteiger charge is -2.16. The number of unbranched alkanes of at least 4 members (excludes halogenated alkanes) is 1. The zero-order chi connectivity index (χ0) is 22.8. The van der Waals surface area contributed by atoms with Gasteiger partial charge < -0.3 is 19.3 Å². The van der Waals surface area contributed by atoms with E-state index in [1.165, 1.54) is 30.4 Å². The number of benzene rings is 2. The van der Waals surface area contributed by atoms with Crippen molar-refractivity contribution < 1.29 is 24.1 Å². The minimum atomic E-state index is -0.850. The molecule has 2 aromatic rings. The summed E-state index contributed by atoms with van der Waals surface area (Å²) in [6.45, 7) is 7.18. The van der Waals surface area contributed by atoms with Crippen LogP contribution in [0.4, 0.5) is 0 Å². The number of ether oxygens (including phenoxy) is 3. The number of carboxylic acids is 1. The second kappa shape index (κ2) is 12.6. The molecule has 3 rings (SSSR count). The zero-order valence-corrected chi connectivity index (χ0v) is 19.4. The summed E-state index contributed by atoms with van der Waals surface area (Å²) in [4.78, 5) is 11.5. The monoisotopic (exact) mass is 440 g/mol. The summed E-state index contributed by atoms with van der Waals surface area (Å²) in [5.41, 5.74) is 5.36. The van der Waals surface area contributed by atoms with Crippen LogP contribution in [0, 0.1) is 5.92 Å². The number of rotatable bonds is 15. The van der Waals surface area contributed by atoms with Crippen molar-refractivity contribution in [2.24, 2.45) is 5.92 Å². The molecular formula is C27H36O5. The Morgan fingerprint density at radius 2 is 1.78 bits per heavy atom. The molecule has 1 aliphatic carbocycles. The summed E-state index contributed by atoms with van der Waals surface area (Å²) in [6, 6.07) is 12.2. The summed E-state index contributed by atoms with van der Waals surface area (Å²) in [5.74, 6) is 0.425. The van der Waals surface area contributed by atoms with E-state index in [1.54, 1.807) is 0 Å². The molecule has 5 nitrogen and oxygen atoms in total. The van der Waals surface area contributed by atoms with Gasteiger partial charge in [0.25, 0.3) is 0 Å². The van der Waals surface area contributed by atoms with Crippen molar-refractivity contribution in [1.82, 2.24) is 0 Å². The second-order valence-electron chi connectivity index (χ2n) is 8.43. The topological polar surface area (TPSA) is 65.0 Å². The van der Waals surface area contributed by atoms with Gasteiger partial charge in [-0.25, -0.2) is 0 Å². The van der Waals surface area contributed by atoms with Crippen LogP contribution in [0.3, 0.4) is 0 Å². The van der Waals surface area contributed by atoms with Gasteiger partial charge in [0.2, 0.25) is 0 Å². The van der Waals surface area contributed by atoms with Crippen molar-refractivity contribution >= 4 is 5.97 Å². The lowest BCUT2D eigenvalue weighted by molar-refractivity contribution is -0.136. The smallest absolute Gasteiger partial charge is 0.307 e. The van der Waals surface area contributed by atoms with Crippen molar-refractivity contribution in [2.45, 2.75) is 52.4 Å². The summed E-state index contributed by atoms with van der Waals surface area (Å²) in [5, 5.41) is 9.44. The Bertz CT molecular complexity index is 876. The molecule has 1 atom stereocenters. The van der Waals surface area contributed by atoms with E-state index in [0.717, 1.165) is 36.1 Å². The largest absolute Gasteiger partial charge is 0.491 e. The van der Waals surface area contributed by atoms with E-state index in [2.05, 4.69) is 26.0 Å². The third kappa shape index (κ3) is 6.57. The van der Waals surface area contributed by atoms with E-state index in [1.807, 2.05) is 24.3 Å². The van der Waals surface area contributed by atoms with Gasteiger partial charge in [-0.05, 0) is 47.1 Å². The minimum Gasteiger partial charge on any atom is -0.491 e. The Labute approximate surface area is 191 Å². The Balaban J connectivity index is 1.45. The molecule has 1 N–H and O–H groups in total. The molecule has 0 bridgehead atoms. The molecule has 174 valence electrons. The highest BCUT2D eigenvalue weighted by molar-refractivity contribution is 5.82. The molecule has 0 spiro atoms. The van der Waals surface area contributed by atoms with Crippen molar-refractivity contribution in [3.05, 3.63) is 53.1 Å². The normalized spacial score (nSPS) is 12.9. The molecule has 2 aromatic carbocycles. The molecule has 0 aromatic heterocycles. The van der Waals surface area contributed by atoms with Gasteiger partial charge in [-0.3, -0.25) is 4.79 Å². The number of fused-ring (bicyclic) bond motifs is 3. The predicted octanol–water partition coefficient (Wildman–Crippen LogP) is 5.51. The highest BCUT2D eigenvalue weighted by atomic mass is 16.5. The van der Waals surface area contributed by atoms with Gasteiger partial charge in [-0.1, -0.05) is 63.4 Å². The fraction of sp³-hybridized carbons (Fsp3) is 0.519. The molecule has 5 heteroatoms. The molecule has 0 fully saturated rings. The van der Waals surface area contributed by atoms with Gasteiger partial charge in [-0.15, -0.1) is 0 Å². The van der Waals surface area contributed by atoms with E-state index < -0.39 is 5.97 Å². The van der Waals surface area contributed by atoms with Crippen LogP contribution in [-0.2, 0) is 27.1 Å². The highest BCUT2D eigenvalue weighted by Crippen LogP contribution is 2.41. The van der Waals surface area contributed by atoms with Crippen LogP contribution >= 0.6 is 0 Å². The number of carboxylic acid groups (broad SMARTS) is 1. The SMILES string of the molecule is CCCCC(CC)COCCOCCOc1ccc2c(c1CC(=O)O)Cc1ccccc1-2. The maximum Gasteiger partial charge on any atom is 0.307 e. The van der Waals surface area contributed by atoms with Crippen molar-refractivity contribution in [3.63, 3.8) is 0 Å². The van der Waals surface area contributed by atoms with E-state index in [-0.39, 0.29) is 6.42 Å². The fourth-order valence-corrected chi connectivity index (χ4v) is 4.31. The van der Waals surface area contributed by atoms with Gasteiger partial charge >= 0.3 is 5.97 Å². The van der Waals surface area contributed by atoms with E-state index >= 15 is 0 Å². The van der Waals surface area contributed by atoms with Crippen molar-refractivity contribution in [3.8, 4) is 16.9 Å². The highest BCUT2D eigenvalue weighted by Gasteiger charge is 2.24. The predicted molar refractivity (Wildman–Crippen MR) is 126 cm³/mol. The Kier molecular flexibility index (Phi) is 9.57. The molecule has 1 unspecified atom stereocenters. The Morgan fingerprint density at radius 1 is 1.00 bits per heavy atom. The minimum absolute atomic E-state index is 0.0438. The van der Waals surface area contributed by atoms with Crippen LogP contribution < -0.4 is 4.74 Å². The van der Waals surface area contributed by atoms with Crippen LogP contribution in [0.2, 0.25) is 0 Å². The number of carbonyl (C=O) groups is 1. The van der Waals surface area contributed by atoms with Gasteiger partial charge in [0.1, 0.15) is 12.4 Å². The number of hydrogen-bond acceptors (Lipinski definition) is 4. The Morgan fingerprint density at radius 3 is 2.56 bits per heavy atom. The molecule has 1 aliphatic rings. The van der Waals surface area contributed by atoms with Crippen LogP contribution in [0.1, 0.15) is 56.2 Å². The van der Waals surface area contributed by atoms with Crippen LogP contribution in [0.25, 0.3) is 11.1 Å². The third-order valence-electron chi connectivity index (χ3n) is 6.15. The van der Waals surface area contributed by atoms with Gasteiger partial charge in [0.05, 0.1) is 26.2 Å². The zero-order valence-electron chi connectivity index (χ0n) is 19.4. The Hall–Kier alpha value is -2.37. The molecule has 0 saturated carbocycles. The van der Waals surface area contributed by atoms with Crippen molar-refractivity contribution in [2.75, 3.05) is 33.0 Å². The maximum absolute atomic E-state index is 11.5. The molecule has 0 aliphatic heterocycles. The lowest BCUT2D eigenvalue weighted by Crippen LogP contribution is -2.15. The lowest BCUT2D eigenvalue weighted by atomic mass is 9.98.